The molecule has 1 heterocycles. The summed E-state index contributed by atoms with van der Waals surface area (Å²) in [5.74, 6) is 0.0941. The first-order valence-electron chi connectivity index (χ1n) is 5.82. The minimum absolute atomic E-state index is 0.0204. The molecule has 1 saturated heterocycles. The summed E-state index contributed by atoms with van der Waals surface area (Å²) in [7, 11) is 1.33. The normalized spacial score (nSPS) is 21.9. The van der Waals surface area contributed by atoms with Crippen molar-refractivity contribution < 1.29 is 19.2 Å². The van der Waals surface area contributed by atoms with Gasteiger partial charge in [-0.3, -0.25) is 14.9 Å². The molecule has 0 radical (unpaired) electrons. The lowest BCUT2D eigenvalue weighted by atomic mass is 10.2. The molecular formula is C12H14N2O5. The lowest BCUT2D eigenvalue weighted by Gasteiger charge is -2.12. The number of benzene rings is 1. The molecule has 0 aliphatic carbocycles. The van der Waals surface area contributed by atoms with Gasteiger partial charge in [0.2, 0.25) is 0 Å². The van der Waals surface area contributed by atoms with E-state index >= 15 is 0 Å². The van der Waals surface area contributed by atoms with Gasteiger partial charge in [-0.2, -0.15) is 0 Å². The van der Waals surface area contributed by atoms with Crippen LogP contribution < -0.4 is 10.1 Å². The van der Waals surface area contributed by atoms with Crippen LogP contribution in [0.2, 0.25) is 0 Å². The van der Waals surface area contributed by atoms with E-state index in [-0.39, 0.29) is 23.8 Å². The molecule has 0 aromatic heterocycles. The molecule has 7 nitrogen and oxygen atoms in total. The fourth-order valence-corrected chi connectivity index (χ4v) is 1.98. The van der Waals surface area contributed by atoms with E-state index in [1.165, 1.54) is 19.2 Å². The Labute approximate surface area is 109 Å². The molecule has 1 aliphatic heterocycles. The number of esters is 1. The maximum Gasteiger partial charge on any atom is 0.323 e. The number of rotatable bonds is 4. The summed E-state index contributed by atoms with van der Waals surface area (Å²) in [5.41, 5.74) is -0.0204. The van der Waals surface area contributed by atoms with E-state index in [1.54, 1.807) is 12.1 Å². The van der Waals surface area contributed by atoms with Crippen LogP contribution in [0.4, 0.5) is 5.69 Å². The average molecular weight is 266 g/mol. The monoisotopic (exact) mass is 266 g/mol. The number of carbonyl (C=O) groups excluding carboxylic acids is 1. The molecule has 0 amide bonds. The minimum Gasteiger partial charge on any atom is -0.489 e. The molecule has 0 bridgehead atoms. The Morgan fingerprint density at radius 1 is 1.53 bits per heavy atom. The number of ether oxygens (including phenoxy) is 2. The molecule has 102 valence electrons. The molecule has 19 heavy (non-hydrogen) atoms. The SMILES string of the molecule is COC(=O)C1CC(Oc2cccc([N+](=O)[O-])c2)CN1. The van der Waals surface area contributed by atoms with E-state index in [2.05, 4.69) is 10.1 Å². The maximum absolute atomic E-state index is 11.3. The van der Waals surface area contributed by atoms with Crippen molar-refractivity contribution in [3.05, 3.63) is 34.4 Å². The third-order valence-electron chi connectivity index (χ3n) is 2.91. The van der Waals surface area contributed by atoms with Crippen LogP contribution in [0.25, 0.3) is 0 Å². The number of hydrogen-bond donors (Lipinski definition) is 1. The molecule has 2 unspecified atom stereocenters. The van der Waals surface area contributed by atoms with Gasteiger partial charge in [0.25, 0.3) is 5.69 Å². The number of nitro groups is 1. The average Bonchev–Trinajstić information content (AvgIpc) is 2.86. The lowest BCUT2D eigenvalue weighted by Crippen LogP contribution is -2.31. The van der Waals surface area contributed by atoms with Gasteiger partial charge < -0.3 is 14.8 Å². The molecule has 0 saturated carbocycles. The highest BCUT2D eigenvalue weighted by atomic mass is 16.6. The number of carbonyl (C=O) groups is 1. The fourth-order valence-electron chi connectivity index (χ4n) is 1.98. The zero-order chi connectivity index (χ0) is 13.8. The summed E-state index contributed by atoms with van der Waals surface area (Å²) in [6.45, 7) is 0.502. The second-order valence-corrected chi connectivity index (χ2v) is 4.21. The highest BCUT2D eigenvalue weighted by Gasteiger charge is 2.31. The van der Waals surface area contributed by atoms with Crippen molar-refractivity contribution in [1.82, 2.24) is 5.32 Å². The zero-order valence-electron chi connectivity index (χ0n) is 10.4. The summed E-state index contributed by atoms with van der Waals surface area (Å²) in [5, 5.41) is 13.6. The van der Waals surface area contributed by atoms with E-state index < -0.39 is 4.92 Å². The van der Waals surface area contributed by atoms with Gasteiger partial charge in [-0.25, -0.2) is 0 Å². The standard InChI is InChI=1S/C12H14N2O5/c1-18-12(15)11-6-10(7-13-11)19-9-4-2-3-8(5-9)14(16)17/h2-5,10-11,13H,6-7H2,1H3. The van der Waals surface area contributed by atoms with Crippen LogP contribution in [0.15, 0.2) is 24.3 Å². The van der Waals surface area contributed by atoms with Gasteiger partial charge in [0.05, 0.1) is 18.1 Å². The number of nitrogens with one attached hydrogen (secondary N) is 1. The van der Waals surface area contributed by atoms with Gasteiger partial charge >= 0.3 is 5.97 Å². The first-order valence-corrected chi connectivity index (χ1v) is 5.82. The second-order valence-electron chi connectivity index (χ2n) is 4.21. The Bertz CT molecular complexity index is 491. The third kappa shape index (κ3) is 3.19. The van der Waals surface area contributed by atoms with Gasteiger partial charge in [0.1, 0.15) is 17.9 Å². The smallest absolute Gasteiger partial charge is 0.323 e. The van der Waals surface area contributed by atoms with E-state index in [4.69, 9.17) is 4.74 Å². The summed E-state index contributed by atoms with van der Waals surface area (Å²) in [6, 6.07) is 5.60. The van der Waals surface area contributed by atoms with E-state index in [9.17, 15) is 14.9 Å². The highest BCUT2D eigenvalue weighted by Crippen LogP contribution is 2.22. The van der Waals surface area contributed by atoms with Gasteiger partial charge in [0, 0.05) is 19.0 Å². The molecule has 2 rings (SSSR count). The lowest BCUT2D eigenvalue weighted by molar-refractivity contribution is -0.384. The van der Waals surface area contributed by atoms with Crippen LogP contribution in [0.3, 0.4) is 0 Å². The van der Waals surface area contributed by atoms with Gasteiger partial charge in [-0.1, -0.05) is 6.07 Å². The van der Waals surface area contributed by atoms with Crippen molar-refractivity contribution in [1.29, 1.82) is 0 Å². The topological polar surface area (TPSA) is 90.7 Å². The summed E-state index contributed by atoms with van der Waals surface area (Å²) < 4.78 is 10.3. The Hall–Kier alpha value is -2.15. The molecular weight excluding hydrogens is 252 g/mol. The molecule has 1 aromatic rings. The second kappa shape index (κ2) is 5.66. The van der Waals surface area contributed by atoms with E-state index in [1.807, 2.05) is 0 Å². The predicted octanol–water partition coefficient (Wildman–Crippen LogP) is 0.877. The Morgan fingerprint density at radius 3 is 3.00 bits per heavy atom. The van der Waals surface area contributed by atoms with Gasteiger partial charge in [-0.15, -0.1) is 0 Å². The number of non-ortho nitro benzene ring substituents is 1. The summed E-state index contributed by atoms with van der Waals surface area (Å²) in [4.78, 5) is 21.5. The molecule has 7 heteroatoms. The molecule has 2 atom stereocenters. The van der Waals surface area contributed by atoms with E-state index in [0.717, 1.165) is 0 Å². The largest absolute Gasteiger partial charge is 0.489 e. The van der Waals surface area contributed by atoms with Crippen LogP contribution in [0, 0.1) is 10.1 Å². The summed E-state index contributed by atoms with van der Waals surface area (Å²) in [6.07, 6.45) is 0.279. The number of nitro benzene ring substituents is 1. The molecule has 0 spiro atoms. The van der Waals surface area contributed by atoms with Gasteiger partial charge in [0.15, 0.2) is 0 Å². The molecule has 1 aromatic carbocycles. The zero-order valence-corrected chi connectivity index (χ0v) is 10.4. The quantitative estimate of drug-likeness (QED) is 0.494. The van der Waals surface area contributed by atoms with Crippen molar-refractivity contribution in [3.8, 4) is 5.75 Å². The first-order chi connectivity index (χ1) is 9.10. The van der Waals surface area contributed by atoms with Gasteiger partial charge in [-0.05, 0) is 6.07 Å². The van der Waals surface area contributed by atoms with Crippen molar-refractivity contribution in [2.24, 2.45) is 0 Å². The van der Waals surface area contributed by atoms with Crippen LogP contribution in [-0.4, -0.2) is 36.7 Å². The predicted molar refractivity (Wildman–Crippen MR) is 65.9 cm³/mol. The Morgan fingerprint density at radius 2 is 2.32 bits per heavy atom. The third-order valence-corrected chi connectivity index (χ3v) is 2.91. The Kier molecular flexibility index (Phi) is 3.96. The minimum atomic E-state index is -0.475. The molecule has 1 fully saturated rings. The first kappa shape index (κ1) is 13.3. The van der Waals surface area contributed by atoms with E-state index in [0.29, 0.717) is 18.7 Å². The van der Waals surface area contributed by atoms with Crippen LogP contribution in [0.1, 0.15) is 6.42 Å². The maximum atomic E-state index is 11.3. The van der Waals surface area contributed by atoms with Crippen LogP contribution >= 0.6 is 0 Å². The van der Waals surface area contributed by atoms with Crippen molar-refractivity contribution in [2.75, 3.05) is 13.7 Å². The molecule has 1 N–H and O–H groups in total. The number of nitrogens with zero attached hydrogens (tertiary/aromatic N) is 1. The van der Waals surface area contributed by atoms with Crippen LogP contribution in [-0.2, 0) is 9.53 Å². The van der Waals surface area contributed by atoms with Crippen molar-refractivity contribution in [3.63, 3.8) is 0 Å². The Balaban J connectivity index is 1.97. The number of hydrogen-bond acceptors (Lipinski definition) is 6. The van der Waals surface area contributed by atoms with Crippen molar-refractivity contribution in [2.45, 2.75) is 18.6 Å². The van der Waals surface area contributed by atoms with Crippen LogP contribution in [0.5, 0.6) is 5.75 Å². The fraction of sp³-hybridized carbons (Fsp3) is 0.417. The highest BCUT2D eigenvalue weighted by molar-refractivity contribution is 5.76. The summed E-state index contributed by atoms with van der Waals surface area (Å²) >= 11 is 0. The number of methoxy groups -OCH3 is 1. The molecule has 1 aliphatic rings. The van der Waals surface area contributed by atoms with Crippen molar-refractivity contribution >= 4 is 11.7 Å².